The highest BCUT2D eigenvalue weighted by molar-refractivity contribution is 5.94. The highest BCUT2D eigenvalue weighted by Crippen LogP contribution is 2.07. The van der Waals surface area contributed by atoms with Gasteiger partial charge in [-0.05, 0) is 30.9 Å². The zero-order valence-electron chi connectivity index (χ0n) is 19.7. The predicted octanol–water partition coefficient (Wildman–Crippen LogP) is -1.13. The Bertz CT molecular complexity index is 804. The average Bonchev–Trinajstić information content (AvgIpc) is 2.80. The Balaban J connectivity index is 2.94. The van der Waals surface area contributed by atoms with Gasteiger partial charge in [-0.25, -0.2) is 4.79 Å². The van der Waals surface area contributed by atoms with E-state index in [0.717, 1.165) is 5.56 Å². The molecule has 11 nitrogen and oxygen atoms in total. The highest BCUT2D eigenvalue weighted by atomic mass is 16.4. The van der Waals surface area contributed by atoms with E-state index in [1.165, 1.54) is 0 Å². The second-order valence-corrected chi connectivity index (χ2v) is 8.45. The number of hydrogen-bond acceptors (Lipinski definition) is 7. The van der Waals surface area contributed by atoms with Crippen molar-refractivity contribution in [3.8, 4) is 0 Å². The minimum Gasteiger partial charge on any atom is -0.480 e. The van der Waals surface area contributed by atoms with Crippen LogP contribution in [-0.2, 0) is 25.6 Å². The Morgan fingerprint density at radius 3 is 2.03 bits per heavy atom. The Morgan fingerprint density at radius 2 is 1.50 bits per heavy atom. The zero-order chi connectivity index (χ0) is 25.7. The number of carboxylic acid groups (broad SMARTS) is 1. The van der Waals surface area contributed by atoms with Crippen LogP contribution in [0.5, 0.6) is 0 Å². The zero-order valence-corrected chi connectivity index (χ0v) is 19.7. The summed E-state index contributed by atoms with van der Waals surface area (Å²) < 4.78 is 0. The number of hydrogen-bond donors (Lipinski definition) is 7. The molecular formula is C23H37N5O6. The maximum Gasteiger partial charge on any atom is 0.326 e. The molecule has 9 N–H and O–H groups in total. The van der Waals surface area contributed by atoms with E-state index in [1.54, 1.807) is 44.2 Å². The number of carbonyl (C=O) groups is 4. The number of nitrogens with one attached hydrogen (secondary N) is 3. The van der Waals surface area contributed by atoms with Crippen LogP contribution < -0.4 is 27.4 Å². The molecule has 34 heavy (non-hydrogen) atoms. The third kappa shape index (κ3) is 9.86. The molecule has 0 aliphatic heterocycles. The number of carbonyl (C=O) groups excluding carboxylic acids is 3. The third-order valence-electron chi connectivity index (χ3n) is 5.27. The van der Waals surface area contributed by atoms with E-state index in [-0.39, 0.29) is 12.3 Å². The second-order valence-electron chi connectivity index (χ2n) is 8.45. The number of aliphatic hydroxyl groups is 1. The third-order valence-corrected chi connectivity index (χ3v) is 5.27. The monoisotopic (exact) mass is 479 g/mol. The summed E-state index contributed by atoms with van der Waals surface area (Å²) >= 11 is 0. The number of aliphatic carboxylic acids is 1. The fourth-order valence-corrected chi connectivity index (χ4v) is 3.21. The summed E-state index contributed by atoms with van der Waals surface area (Å²) in [7, 11) is 0. The molecule has 1 aromatic rings. The van der Waals surface area contributed by atoms with Crippen molar-refractivity contribution in [3.05, 3.63) is 35.9 Å². The number of amides is 3. The second kappa shape index (κ2) is 15.0. The molecule has 0 bridgehead atoms. The fraction of sp³-hybridized carbons (Fsp3) is 0.565. The Hall–Kier alpha value is -3.02. The van der Waals surface area contributed by atoms with Crippen LogP contribution in [0.15, 0.2) is 30.3 Å². The molecule has 4 atom stereocenters. The van der Waals surface area contributed by atoms with Crippen molar-refractivity contribution in [2.24, 2.45) is 17.4 Å². The molecule has 4 unspecified atom stereocenters. The number of nitrogens with two attached hydrogens (primary N) is 2. The van der Waals surface area contributed by atoms with Crippen molar-refractivity contribution in [3.63, 3.8) is 0 Å². The SMILES string of the molecule is CC(C)C(NC(=O)C(Cc1ccccc1)NC(=O)C(CO)NC(=O)C(N)CCCCN)C(=O)O. The summed E-state index contributed by atoms with van der Waals surface area (Å²) in [4.78, 5) is 49.6. The van der Waals surface area contributed by atoms with E-state index in [9.17, 15) is 29.4 Å². The van der Waals surface area contributed by atoms with Crippen molar-refractivity contribution < 1.29 is 29.4 Å². The molecule has 0 aromatic heterocycles. The maximum atomic E-state index is 12.9. The van der Waals surface area contributed by atoms with E-state index >= 15 is 0 Å². The van der Waals surface area contributed by atoms with Crippen LogP contribution >= 0.6 is 0 Å². The molecule has 0 saturated carbocycles. The van der Waals surface area contributed by atoms with Gasteiger partial charge in [0.1, 0.15) is 18.1 Å². The van der Waals surface area contributed by atoms with E-state index in [1.807, 2.05) is 0 Å². The molecule has 0 spiro atoms. The molecule has 1 aromatic carbocycles. The quantitative estimate of drug-likeness (QED) is 0.153. The first-order chi connectivity index (χ1) is 16.1. The number of carboxylic acids is 1. The van der Waals surface area contributed by atoms with Crippen LogP contribution in [0.3, 0.4) is 0 Å². The largest absolute Gasteiger partial charge is 0.480 e. The molecule has 0 heterocycles. The lowest BCUT2D eigenvalue weighted by Crippen LogP contribution is -2.59. The topological polar surface area (TPSA) is 197 Å². The lowest BCUT2D eigenvalue weighted by Gasteiger charge is -2.25. The van der Waals surface area contributed by atoms with Gasteiger partial charge in [0, 0.05) is 6.42 Å². The minimum absolute atomic E-state index is 0.0769. The summed E-state index contributed by atoms with van der Waals surface area (Å²) in [6.45, 7) is 3.06. The Labute approximate surface area is 199 Å². The molecule has 0 saturated heterocycles. The molecule has 0 fully saturated rings. The molecule has 1 rings (SSSR count). The number of unbranched alkanes of at least 4 members (excludes halogenated alkanes) is 1. The van der Waals surface area contributed by atoms with Crippen LogP contribution in [0.25, 0.3) is 0 Å². The summed E-state index contributed by atoms with van der Waals surface area (Å²) in [6, 6.07) is 4.35. The average molecular weight is 480 g/mol. The van der Waals surface area contributed by atoms with Gasteiger partial charge >= 0.3 is 5.97 Å². The molecule has 0 aliphatic rings. The summed E-state index contributed by atoms with van der Waals surface area (Å²) in [5.41, 5.74) is 12.0. The molecule has 3 amide bonds. The van der Waals surface area contributed by atoms with Crippen molar-refractivity contribution in [2.45, 2.75) is 63.7 Å². The normalized spacial score (nSPS) is 14.5. The van der Waals surface area contributed by atoms with Gasteiger partial charge in [-0.1, -0.05) is 50.6 Å². The standard InChI is InChI=1S/C23H37N5O6/c1-14(2)19(23(33)34)28-21(31)17(12-15-8-4-3-5-9-15)26-22(32)18(13-29)27-20(30)16(25)10-6-7-11-24/h3-5,8-9,14,16-19,29H,6-7,10-13,24-25H2,1-2H3,(H,26,32)(H,27,30)(H,28,31)(H,33,34). The van der Waals surface area contributed by atoms with Gasteiger partial charge in [0.25, 0.3) is 0 Å². The fourth-order valence-electron chi connectivity index (χ4n) is 3.21. The smallest absolute Gasteiger partial charge is 0.326 e. The van der Waals surface area contributed by atoms with Crippen molar-refractivity contribution in [1.82, 2.24) is 16.0 Å². The van der Waals surface area contributed by atoms with E-state index in [2.05, 4.69) is 16.0 Å². The lowest BCUT2D eigenvalue weighted by molar-refractivity contribution is -0.143. The minimum atomic E-state index is -1.33. The van der Waals surface area contributed by atoms with Gasteiger partial charge in [0.2, 0.25) is 17.7 Å². The first kappa shape index (κ1) is 29.0. The number of aliphatic hydroxyl groups excluding tert-OH is 1. The lowest BCUT2D eigenvalue weighted by atomic mass is 10.0. The summed E-state index contributed by atoms with van der Waals surface area (Å²) in [5, 5.41) is 26.4. The number of benzene rings is 1. The van der Waals surface area contributed by atoms with Crippen molar-refractivity contribution in [2.75, 3.05) is 13.2 Å². The molecular weight excluding hydrogens is 442 g/mol. The van der Waals surface area contributed by atoms with Gasteiger partial charge in [-0.3, -0.25) is 14.4 Å². The highest BCUT2D eigenvalue weighted by Gasteiger charge is 2.31. The van der Waals surface area contributed by atoms with Crippen LogP contribution in [0.1, 0.15) is 38.7 Å². The summed E-state index contributed by atoms with van der Waals surface area (Å²) in [6.07, 6.45) is 1.79. The van der Waals surface area contributed by atoms with Gasteiger partial charge < -0.3 is 37.6 Å². The van der Waals surface area contributed by atoms with Gasteiger partial charge in [-0.2, -0.15) is 0 Å². The van der Waals surface area contributed by atoms with E-state index < -0.39 is 54.5 Å². The maximum absolute atomic E-state index is 12.9. The van der Waals surface area contributed by atoms with Gasteiger partial charge in [-0.15, -0.1) is 0 Å². The first-order valence-electron chi connectivity index (χ1n) is 11.3. The molecule has 11 heteroatoms. The van der Waals surface area contributed by atoms with Crippen LogP contribution in [0, 0.1) is 5.92 Å². The number of rotatable bonds is 15. The van der Waals surface area contributed by atoms with Crippen LogP contribution in [0.2, 0.25) is 0 Å². The Morgan fingerprint density at radius 1 is 0.912 bits per heavy atom. The first-order valence-corrected chi connectivity index (χ1v) is 11.3. The molecule has 0 aliphatic carbocycles. The van der Waals surface area contributed by atoms with Crippen LogP contribution in [0.4, 0.5) is 0 Å². The van der Waals surface area contributed by atoms with E-state index in [0.29, 0.717) is 25.8 Å². The predicted molar refractivity (Wildman–Crippen MR) is 126 cm³/mol. The summed E-state index contributed by atoms with van der Waals surface area (Å²) in [5.74, 6) is -3.68. The van der Waals surface area contributed by atoms with Gasteiger partial charge in [0.05, 0.1) is 12.6 Å². The van der Waals surface area contributed by atoms with Crippen molar-refractivity contribution >= 4 is 23.7 Å². The van der Waals surface area contributed by atoms with Gasteiger partial charge in [0.15, 0.2) is 0 Å². The molecule has 0 radical (unpaired) electrons. The Kier molecular flexibility index (Phi) is 12.8. The van der Waals surface area contributed by atoms with E-state index in [4.69, 9.17) is 11.5 Å². The van der Waals surface area contributed by atoms with Crippen LogP contribution in [-0.4, -0.2) is 71.2 Å². The van der Waals surface area contributed by atoms with Crippen molar-refractivity contribution in [1.29, 1.82) is 0 Å². The molecule has 190 valence electrons.